The quantitative estimate of drug-likeness (QED) is 0.721. The Hall–Kier alpha value is -0.0800. The molecule has 0 radical (unpaired) electrons. The molecule has 0 heterocycles. The molecule has 2 aliphatic rings. The summed E-state index contributed by atoms with van der Waals surface area (Å²) < 4.78 is 0. The molecule has 2 nitrogen and oxygen atoms in total. The van der Waals surface area contributed by atoms with E-state index in [4.69, 9.17) is 0 Å². The summed E-state index contributed by atoms with van der Waals surface area (Å²) in [6, 6.07) is 1.58. The van der Waals surface area contributed by atoms with Crippen molar-refractivity contribution in [2.75, 3.05) is 20.1 Å². The average Bonchev–Trinajstić information content (AvgIpc) is 3.24. The van der Waals surface area contributed by atoms with Gasteiger partial charge in [0.2, 0.25) is 0 Å². The van der Waals surface area contributed by atoms with E-state index in [1.165, 1.54) is 64.5 Å². The Labute approximate surface area is 126 Å². The summed E-state index contributed by atoms with van der Waals surface area (Å²) in [6.07, 6.45) is 11.2. The van der Waals surface area contributed by atoms with Crippen LogP contribution in [0.25, 0.3) is 0 Å². The first-order valence-electron chi connectivity index (χ1n) is 8.98. The zero-order valence-electron chi connectivity index (χ0n) is 14.3. The highest BCUT2D eigenvalue weighted by Crippen LogP contribution is 2.40. The van der Waals surface area contributed by atoms with Crippen LogP contribution in [0.5, 0.6) is 0 Å². The van der Waals surface area contributed by atoms with Crippen LogP contribution in [0.1, 0.15) is 72.1 Å². The maximum atomic E-state index is 3.83. The van der Waals surface area contributed by atoms with Crippen LogP contribution < -0.4 is 5.32 Å². The van der Waals surface area contributed by atoms with Crippen molar-refractivity contribution in [3.8, 4) is 0 Å². The highest BCUT2D eigenvalue weighted by molar-refractivity contribution is 4.92. The maximum Gasteiger partial charge on any atom is 0.00684 e. The Morgan fingerprint density at radius 3 is 2.40 bits per heavy atom. The third-order valence-electron chi connectivity index (χ3n) is 5.72. The molecule has 1 N–H and O–H groups in total. The standard InChI is InChI=1S/C18H36N2/c1-5-6-16(3)20(4)14-18(13-19-17-7-8-17)11-9-15(2)10-12-18/h15-17,19H,5-14H2,1-4H3. The third-order valence-corrected chi connectivity index (χ3v) is 5.72. The third kappa shape index (κ3) is 4.73. The molecule has 2 heteroatoms. The minimum absolute atomic E-state index is 0.547. The van der Waals surface area contributed by atoms with Gasteiger partial charge in [0.05, 0.1) is 0 Å². The zero-order chi connectivity index (χ0) is 14.6. The first kappa shape index (κ1) is 16.3. The van der Waals surface area contributed by atoms with Gasteiger partial charge in [-0.25, -0.2) is 0 Å². The fourth-order valence-corrected chi connectivity index (χ4v) is 3.74. The number of hydrogen-bond donors (Lipinski definition) is 1. The van der Waals surface area contributed by atoms with Crippen LogP contribution in [0.2, 0.25) is 0 Å². The number of hydrogen-bond acceptors (Lipinski definition) is 2. The van der Waals surface area contributed by atoms with E-state index >= 15 is 0 Å². The van der Waals surface area contributed by atoms with Gasteiger partial charge in [0, 0.05) is 25.2 Å². The van der Waals surface area contributed by atoms with Crippen molar-refractivity contribution in [1.82, 2.24) is 10.2 Å². The van der Waals surface area contributed by atoms with Crippen molar-refractivity contribution < 1.29 is 0 Å². The minimum Gasteiger partial charge on any atom is -0.313 e. The predicted octanol–water partition coefficient (Wildman–Crippen LogP) is 4.06. The van der Waals surface area contributed by atoms with Crippen molar-refractivity contribution in [3.63, 3.8) is 0 Å². The molecular weight excluding hydrogens is 244 g/mol. The van der Waals surface area contributed by atoms with Crippen LogP contribution in [0.3, 0.4) is 0 Å². The summed E-state index contributed by atoms with van der Waals surface area (Å²) >= 11 is 0. The van der Waals surface area contributed by atoms with Crippen LogP contribution in [0.4, 0.5) is 0 Å². The Balaban J connectivity index is 1.90. The van der Waals surface area contributed by atoms with Gasteiger partial charge in [-0.15, -0.1) is 0 Å². The van der Waals surface area contributed by atoms with Crippen molar-refractivity contribution in [2.24, 2.45) is 11.3 Å². The normalized spacial score (nSPS) is 32.5. The van der Waals surface area contributed by atoms with E-state index in [2.05, 4.69) is 38.0 Å². The molecule has 0 amide bonds. The second-order valence-corrected chi connectivity index (χ2v) is 7.89. The molecule has 0 spiro atoms. The topological polar surface area (TPSA) is 15.3 Å². The minimum atomic E-state index is 0.547. The summed E-state index contributed by atoms with van der Waals surface area (Å²) in [6.45, 7) is 9.68. The largest absolute Gasteiger partial charge is 0.313 e. The second kappa shape index (κ2) is 7.26. The zero-order valence-corrected chi connectivity index (χ0v) is 14.3. The Kier molecular flexibility index (Phi) is 5.92. The molecule has 20 heavy (non-hydrogen) atoms. The van der Waals surface area contributed by atoms with Crippen molar-refractivity contribution >= 4 is 0 Å². The number of rotatable bonds is 8. The monoisotopic (exact) mass is 280 g/mol. The van der Waals surface area contributed by atoms with E-state index in [-0.39, 0.29) is 0 Å². The van der Waals surface area contributed by atoms with Gasteiger partial charge in [0.25, 0.3) is 0 Å². The van der Waals surface area contributed by atoms with E-state index < -0.39 is 0 Å². The molecule has 0 aliphatic heterocycles. The lowest BCUT2D eigenvalue weighted by atomic mass is 9.70. The van der Waals surface area contributed by atoms with E-state index in [1.54, 1.807) is 0 Å². The highest BCUT2D eigenvalue weighted by atomic mass is 15.1. The van der Waals surface area contributed by atoms with Gasteiger partial charge in [0.15, 0.2) is 0 Å². The fourth-order valence-electron chi connectivity index (χ4n) is 3.74. The molecule has 118 valence electrons. The Bertz CT molecular complexity index is 277. The summed E-state index contributed by atoms with van der Waals surface area (Å²) in [7, 11) is 2.34. The molecule has 2 aliphatic carbocycles. The number of nitrogens with one attached hydrogen (secondary N) is 1. The summed E-state index contributed by atoms with van der Waals surface area (Å²) in [5.74, 6) is 0.947. The van der Waals surface area contributed by atoms with Crippen molar-refractivity contribution in [1.29, 1.82) is 0 Å². The molecule has 2 rings (SSSR count). The molecule has 0 aromatic heterocycles. The van der Waals surface area contributed by atoms with Gasteiger partial charge in [0.1, 0.15) is 0 Å². The van der Waals surface area contributed by atoms with E-state index in [1.807, 2.05) is 0 Å². The second-order valence-electron chi connectivity index (χ2n) is 7.89. The van der Waals surface area contributed by atoms with Gasteiger partial charge in [-0.05, 0) is 57.4 Å². The summed E-state index contributed by atoms with van der Waals surface area (Å²) in [5.41, 5.74) is 0.547. The lowest BCUT2D eigenvalue weighted by Crippen LogP contribution is -2.47. The van der Waals surface area contributed by atoms with Gasteiger partial charge >= 0.3 is 0 Å². The number of nitrogens with zero attached hydrogens (tertiary/aromatic N) is 1. The molecule has 0 aromatic carbocycles. The van der Waals surface area contributed by atoms with E-state index in [0.717, 1.165) is 18.0 Å². The molecule has 0 saturated heterocycles. The van der Waals surface area contributed by atoms with Crippen LogP contribution in [0, 0.1) is 11.3 Å². The van der Waals surface area contributed by atoms with Crippen molar-refractivity contribution in [2.45, 2.75) is 84.2 Å². The molecular formula is C18H36N2. The fraction of sp³-hybridized carbons (Fsp3) is 1.00. The SMILES string of the molecule is CCCC(C)N(C)CC1(CNC2CC2)CCC(C)CC1. The lowest BCUT2D eigenvalue weighted by molar-refractivity contribution is 0.0795. The van der Waals surface area contributed by atoms with Crippen LogP contribution >= 0.6 is 0 Å². The average molecular weight is 281 g/mol. The highest BCUT2D eigenvalue weighted by Gasteiger charge is 2.37. The first-order chi connectivity index (χ1) is 9.54. The molecule has 0 aromatic rings. The van der Waals surface area contributed by atoms with Gasteiger partial charge in [-0.2, -0.15) is 0 Å². The Morgan fingerprint density at radius 1 is 1.20 bits per heavy atom. The smallest absolute Gasteiger partial charge is 0.00684 e. The predicted molar refractivity (Wildman–Crippen MR) is 88.1 cm³/mol. The van der Waals surface area contributed by atoms with Crippen LogP contribution in [-0.4, -0.2) is 37.1 Å². The first-order valence-corrected chi connectivity index (χ1v) is 8.98. The van der Waals surface area contributed by atoms with Gasteiger partial charge in [-0.1, -0.05) is 33.1 Å². The summed E-state index contributed by atoms with van der Waals surface area (Å²) in [4.78, 5) is 2.63. The van der Waals surface area contributed by atoms with Crippen LogP contribution in [0.15, 0.2) is 0 Å². The molecule has 2 saturated carbocycles. The van der Waals surface area contributed by atoms with E-state index in [0.29, 0.717) is 5.41 Å². The molecule has 2 fully saturated rings. The maximum absolute atomic E-state index is 3.83. The van der Waals surface area contributed by atoms with Crippen molar-refractivity contribution in [3.05, 3.63) is 0 Å². The van der Waals surface area contributed by atoms with E-state index in [9.17, 15) is 0 Å². The molecule has 1 atom stereocenters. The lowest BCUT2D eigenvalue weighted by Gasteiger charge is -2.43. The van der Waals surface area contributed by atoms with Gasteiger partial charge in [-0.3, -0.25) is 0 Å². The van der Waals surface area contributed by atoms with Gasteiger partial charge < -0.3 is 10.2 Å². The molecule has 0 bridgehead atoms. The van der Waals surface area contributed by atoms with Crippen LogP contribution in [-0.2, 0) is 0 Å². The Morgan fingerprint density at radius 2 is 1.85 bits per heavy atom. The summed E-state index contributed by atoms with van der Waals surface area (Å²) in [5, 5.41) is 3.83. The molecule has 1 unspecified atom stereocenters.